The zero-order chi connectivity index (χ0) is 23.4. The summed E-state index contributed by atoms with van der Waals surface area (Å²) in [6.45, 7) is 7.35. The Kier molecular flexibility index (Phi) is 6.09. The van der Waals surface area contributed by atoms with Gasteiger partial charge in [0.25, 0.3) is 0 Å². The third kappa shape index (κ3) is 3.93. The molecule has 0 bridgehead atoms. The molecule has 4 aliphatic rings. The molecule has 182 valence electrons. The Morgan fingerprint density at radius 1 is 1.03 bits per heavy atom. The molecule has 4 heteroatoms. The molecule has 0 amide bonds. The molecule has 1 aromatic rings. The lowest BCUT2D eigenvalue weighted by Gasteiger charge is -2.58. The second-order valence-corrected chi connectivity index (χ2v) is 14.4. The number of fused-ring (bicyclic) bond motifs is 5. The Bertz CT molecular complexity index is 999. The van der Waals surface area contributed by atoms with Crippen molar-refractivity contribution in [3.8, 4) is 0 Å². The van der Waals surface area contributed by atoms with Gasteiger partial charge in [-0.3, -0.25) is 0 Å². The Morgan fingerprint density at radius 2 is 1.79 bits per heavy atom. The van der Waals surface area contributed by atoms with Crippen LogP contribution >= 0.6 is 0 Å². The Labute approximate surface area is 201 Å². The maximum atomic E-state index is 12.9. The van der Waals surface area contributed by atoms with Gasteiger partial charge < -0.3 is 5.11 Å². The average molecular weight is 471 g/mol. The summed E-state index contributed by atoms with van der Waals surface area (Å²) < 4.78 is 25.7. The molecule has 0 aliphatic heterocycles. The highest BCUT2D eigenvalue weighted by Crippen LogP contribution is 2.67. The molecule has 5 rings (SSSR count). The molecular weight excluding hydrogens is 428 g/mol. The summed E-state index contributed by atoms with van der Waals surface area (Å²) in [5.41, 5.74) is 2.17. The van der Waals surface area contributed by atoms with E-state index in [1.54, 1.807) is 17.7 Å². The third-order valence-electron chi connectivity index (χ3n) is 10.8. The van der Waals surface area contributed by atoms with Crippen molar-refractivity contribution in [2.24, 2.45) is 40.4 Å². The van der Waals surface area contributed by atoms with Gasteiger partial charge in [-0.25, -0.2) is 8.42 Å². The van der Waals surface area contributed by atoms with Crippen molar-refractivity contribution in [1.29, 1.82) is 0 Å². The Hall–Kier alpha value is -1.13. The van der Waals surface area contributed by atoms with Gasteiger partial charge in [-0.05, 0) is 110 Å². The van der Waals surface area contributed by atoms with Crippen molar-refractivity contribution in [3.05, 3.63) is 42.0 Å². The average Bonchev–Trinajstić information content (AvgIpc) is 3.16. The Morgan fingerprint density at radius 3 is 2.55 bits per heavy atom. The Balaban J connectivity index is 1.30. The molecule has 1 aromatic carbocycles. The summed E-state index contributed by atoms with van der Waals surface area (Å²) in [6.07, 6.45) is 12.4. The van der Waals surface area contributed by atoms with Gasteiger partial charge in [-0.15, -0.1) is 0 Å². The molecule has 1 N–H and O–H groups in total. The molecular formula is C29H42O3S. The quantitative estimate of drug-likeness (QED) is 0.505. The molecule has 0 heterocycles. The first-order valence-corrected chi connectivity index (χ1v) is 15.0. The van der Waals surface area contributed by atoms with Crippen molar-refractivity contribution >= 4 is 9.84 Å². The summed E-state index contributed by atoms with van der Waals surface area (Å²) >= 11 is 0. The van der Waals surface area contributed by atoms with Crippen molar-refractivity contribution in [2.75, 3.05) is 5.75 Å². The lowest BCUT2D eigenvalue weighted by atomic mass is 9.47. The van der Waals surface area contributed by atoms with Crippen LogP contribution in [0.1, 0.15) is 78.6 Å². The predicted octanol–water partition coefficient (Wildman–Crippen LogP) is 6.43. The topological polar surface area (TPSA) is 54.4 Å². The second kappa shape index (κ2) is 8.52. The SMILES string of the molecule is C[C@H](CCS(=O)(=O)c1ccccc1)[C@H]1CC[C@H]2[C@@H]3CC=C4C[C@@H](O)CC[C@]4(C)[C@H]3CC[C@]12C. The number of benzene rings is 1. The molecule has 0 spiro atoms. The van der Waals surface area contributed by atoms with Crippen LogP contribution in [0, 0.1) is 40.4 Å². The largest absolute Gasteiger partial charge is 0.393 e. The number of allylic oxidation sites excluding steroid dienone is 1. The van der Waals surface area contributed by atoms with Gasteiger partial charge in [-0.2, -0.15) is 0 Å². The number of sulfone groups is 1. The van der Waals surface area contributed by atoms with E-state index in [0.29, 0.717) is 22.1 Å². The highest BCUT2D eigenvalue weighted by Gasteiger charge is 2.59. The van der Waals surface area contributed by atoms with E-state index in [9.17, 15) is 13.5 Å². The van der Waals surface area contributed by atoms with Gasteiger partial charge in [0, 0.05) is 0 Å². The molecule has 0 unspecified atom stereocenters. The highest BCUT2D eigenvalue weighted by atomic mass is 32.2. The van der Waals surface area contributed by atoms with Gasteiger partial charge >= 0.3 is 0 Å². The molecule has 3 saturated carbocycles. The fraction of sp³-hybridized carbons (Fsp3) is 0.724. The van der Waals surface area contributed by atoms with E-state index >= 15 is 0 Å². The summed E-state index contributed by atoms with van der Waals surface area (Å²) in [5, 5.41) is 10.2. The number of hydrogen-bond acceptors (Lipinski definition) is 3. The molecule has 8 atom stereocenters. The number of hydrogen-bond donors (Lipinski definition) is 1. The van der Waals surface area contributed by atoms with E-state index in [1.807, 2.05) is 18.2 Å². The van der Waals surface area contributed by atoms with Crippen molar-refractivity contribution in [1.82, 2.24) is 0 Å². The lowest BCUT2D eigenvalue weighted by molar-refractivity contribution is -0.0568. The van der Waals surface area contributed by atoms with E-state index in [2.05, 4.69) is 26.8 Å². The standard InChI is InChI=1S/C29H42O3S/c1-20(15-18-33(31,32)23-7-5-4-6-8-23)25-11-12-26-24-10-9-21-19-22(30)13-16-28(21,2)27(24)14-17-29(25,26)3/h4-9,20,22,24-27,30H,10-19H2,1-3H3/t20-,22+,24+,25-,26+,27+,28+,29-/m1/s1. The molecule has 3 fully saturated rings. The van der Waals surface area contributed by atoms with Crippen LogP contribution in [0.15, 0.2) is 46.9 Å². The van der Waals surface area contributed by atoms with Crippen molar-refractivity contribution in [2.45, 2.75) is 89.6 Å². The van der Waals surface area contributed by atoms with Crippen LogP contribution in [0.3, 0.4) is 0 Å². The van der Waals surface area contributed by atoms with Crippen LogP contribution in [0.2, 0.25) is 0 Å². The summed E-state index contributed by atoms with van der Waals surface area (Å²) in [5.74, 6) is 3.60. The highest BCUT2D eigenvalue weighted by molar-refractivity contribution is 7.91. The number of aliphatic hydroxyl groups is 1. The zero-order valence-electron chi connectivity index (χ0n) is 20.7. The number of rotatable bonds is 5. The van der Waals surface area contributed by atoms with Gasteiger partial charge in [0.15, 0.2) is 9.84 Å². The minimum absolute atomic E-state index is 0.140. The van der Waals surface area contributed by atoms with Crippen LogP contribution in [-0.2, 0) is 9.84 Å². The van der Waals surface area contributed by atoms with Gasteiger partial charge in [0.05, 0.1) is 16.8 Å². The first kappa shape index (κ1) is 23.6. The van der Waals surface area contributed by atoms with Crippen molar-refractivity contribution in [3.63, 3.8) is 0 Å². The fourth-order valence-corrected chi connectivity index (χ4v) is 10.4. The van der Waals surface area contributed by atoms with E-state index in [4.69, 9.17) is 0 Å². The van der Waals surface area contributed by atoms with Crippen LogP contribution < -0.4 is 0 Å². The van der Waals surface area contributed by atoms with Gasteiger partial charge in [0.1, 0.15) is 0 Å². The monoisotopic (exact) mass is 470 g/mol. The lowest BCUT2D eigenvalue weighted by Crippen LogP contribution is -2.50. The first-order chi connectivity index (χ1) is 15.6. The van der Waals surface area contributed by atoms with Crippen LogP contribution in [0.5, 0.6) is 0 Å². The van der Waals surface area contributed by atoms with Crippen LogP contribution in [-0.4, -0.2) is 25.4 Å². The van der Waals surface area contributed by atoms with E-state index in [-0.39, 0.29) is 17.3 Å². The third-order valence-corrected chi connectivity index (χ3v) is 12.5. The minimum atomic E-state index is -3.21. The molecule has 33 heavy (non-hydrogen) atoms. The molecule has 4 aliphatic carbocycles. The first-order valence-electron chi connectivity index (χ1n) is 13.3. The van der Waals surface area contributed by atoms with Crippen LogP contribution in [0.4, 0.5) is 0 Å². The summed E-state index contributed by atoms with van der Waals surface area (Å²) in [4.78, 5) is 0.462. The van der Waals surface area contributed by atoms with E-state index in [1.165, 1.54) is 32.1 Å². The summed E-state index contributed by atoms with van der Waals surface area (Å²) in [6, 6.07) is 8.95. The normalized spacial score (nSPS) is 41.5. The maximum Gasteiger partial charge on any atom is 0.178 e. The maximum absolute atomic E-state index is 12.9. The predicted molar refractivity (Wildman–Crippen MR) is 133 cm³/mol. The zero-order valence-corrected chi connectivity index (χ0v) is 21.5. The second-order valence-electron chi connectivity index (χ2n) is 12.3. The molecule has 0 saturated heterocycles. The van der Waals surface area contributed by atoms with Gasteiger partial charge in [0.2, 0.25) is 0 Å². The van der Waals surface area contributed by atoms with Gasteiger partial charge in [-0.1, -0.05) is 50.6 Å². The van der Waals surface area contributed by atoms with E-state index in [0.717, 1.165) is 43.4 Å². The number of aliphatic hydroxyl groups excluding tert-OH is 1. The van der Waals surface area contributed by atoms with E-state index < -0.39 is 9.84 Å². The molecule has 0 radical (unpaired) electrons. The van der Waals surface area contributed by atoms with Crippen molar-refractivity contribution < 1.29 is 13.5 Å². The van der Waals surface area contributed by atoms with Crippen LogP contribution in [0.25, 0.3) is 0 Å². The molecule has 3 nitrogen and oxygen atoms in total. The minimum Gasteiger partial charge on any atom is -0.393 e. The smallest absolute Gasteiger partial charge is 0.178 e. The fourth-order valence-electron chi connectivity index (χ4n) is 8.90. The molecule has 0 aromatic heterocycles. The summed E-state index contributed by atoms with van der Waals surface area (Å²) in [7, 11) is -3.21.